The average Bonchev–Trinajstić information content (AvgIpc) is 3.14. The number of nitrogens with one attached hydrogen (secondary N) is 3. The van der Waals surface area contributed by atoms with Gasteiger partial charge in [-0.25, -0.2) is 0 Å². The van der Waals surface area contributed by atoms with E-state index >= 15 is 0 Å². The molecule has 1 fully saturated rings. The van der Waals surface area contributed by atoms with Gasteiger partial charge < -0.3 is 16.0 Å². The number of hydrogen-bond donors (Lipinski definition) is 3. The summed E-state index contributed by atoms with van der Waals surface area (Å²) >= 11 is 0. The molecule has 0 radical (unpaired) electrons. The van der Waals surface area contributed by atoms with Crippen molar-refractivity contribution in [2.45, 2.75) is 38.5 Å². The Morgan fingerprint density at radius 1 is 1.20 bits per heavy atom. The maximum absolute atomic E-state index is 11.9. The van der Waals surface area contributed by atoms with Crippen molar-refractivity contribution in [2.75, 3.05) is 26.7 Å². The lowest BCUT2D eigenvalue weighted by Crippen LogP contribution is -2.41. The summed E-state index contributed by atoms with van der Waals surface area (Å²) in [6, 6.07) is 3.51. The number of amides is 1. The minimum atomic E-state index is -0.107. The minimum Gasteiger partial charge on any atom is -0.356 e. The van der Waals surface area contributed by atoms with E-state index in [1.807, 2.05) is 0 Å². The van der Waals surface area contributed by atoms with Gasteiger partial charge in [-0.3, -0.25) is 14.8 Å². The average molecular weight is 459 g/mol. The highest BCUT2D eigenvalue weighted by Gasteiger charge is 2.13. The lowest BCUT2D eigenvalue weighted by molar-refractivity contribution is 0.0954. The summed E-state index contributed by atoms with van der Waals surface area (Å²) in [6.45, 7) is 2.11. The predicted octanol–water partition coefficient (Wildman–Crippen LogP) is 2.56. The number of carbonyl (C=O) groups excluding carboxylic acids is 1. The first kappa shape index (κ1) is 21.7. The number of nitrogens with zero attached hydrogens (tertiary/aromatic N) is 2. The third-order valence-electron chi connectivity index (χ3n) is 4.41. The molecule has 0 aromatic carbocycles. The highest BCUT2D eigenvalue weighted by molar-refractivity contribution is 14.0. The Balaban J connectivity index is 0.00000312. The normalized spacial score (nSPS) is 14.7. The van der Waals surface area contributed by atoms with Crippen LogP contribution in [0.25, 0.3) is 0 Å². The van der Waals surface area contributed by atoms with Gasteiger partial charge >= 0.3 is 0 Å². The Hall–Kier alpha value is -1.38. The van der Waals surface area contributed by atoms with Crippen LogP contribution in [0.1, 0.15) is 48.9 Å². The lowest BCUT2D eigenvalue weighted by Gasteiger charge is -2.13. The van der Waals surface area contributed by atoms with Gasteiger partial charge in [0.05, 0.1) is 5.56 Å². The first-order valence-corrected chi connectivity index (χ1v) is 8.92. The molecule has 0 unspecified atom stereocenters. The van der Waals surface area contributed by atoms with Crippen LogP contribution in [0.5, 0.6) is 0 Å². The summed E-state index contributed by atoms with van der Waals surface area (Å²) < 4.78 is 0. The molecular weight excluding hydrogens is 429 g/mol. The van der Waals surface area contributed by atoms with Crippen molar-refractivity contribution in [3.05, 3.63) is 30.1 Å². The monoisotopic (exact) mass is 459 g/mol. The van der Waals surface area contributed by atoms with E-state index in [1.165, 1.54) is 38.5 Å². The van der Waals surface area contributed by atoms with Crippen LogP contribution in [0.3, 0.4) is 0 Å². The minimum absolute atomic E-state index is 0. The van der Waals surface area contributed by atoms with Gasteiger partial charge in [-0.2, -0.15) is 0 Å². The molecule has 140 valence electrons. The maximum atomic E-state index is 11.9. The van der Waals surface area contributed by atoms with Crippen LogP contribution in [0, 0.1) is 5.92 Å². The summed E-state index contributed by atoms with van der Waals surface area (Å²) in [4.78, 5) is 20.0. The largest absolute Gasteiger partial charge is 0.356 e. The van der Waals surface area contributed by atoms with Gasteiger partial charge in [0.25, 0.3) is 5.91 Å². The first-order chi connectivity index (χ1) is 11.8. The van der Waals surface area contributed by atoms with Crippen LogP contribution in [0.4, 0.5) is 0 Å². The number of halogens is 1. The van der Waals surface area contributed by atoms with Gasteiger partial charge in [0.2, 0.25) is 0 Å². The highest BCUT2D eigenvalue weighted by atomic mass is 127. The topological polar surface area (TPSA) is 78.4 Å². The molecule has 1 aliphatic rings. The number of rotatable bonds is 8. The second kappa shape index (κ2) is 12.9. The Morgan fingerprint density at radius 3 is 2.60 bits per heavy atom. The molecule has 6 nitrogen and oxygen atoms in total. The molecule has 2 rings (SSSR count). The zero-order chi connectivity index (χ0) is 17.0. The van der Waals surface area contributed by atoms with Crippen molar-refractivity contribution in [1.82, 2.24) is 20.9 Å². The molecule has 0 saturated heterocycles. The first-order valence-electron chi connectivity index (χ1n) is 8.92. The highest BCUT2D eigenvalue weighted by Crippen LogP contribution is 2.28. The molecule has 0 atom stereocenters. The number of aromatic nitrogens is 1. The van der Waals surface area contributed by atoms with Crippen LogP contribution < -0.4 is 16.0 Å². The van der Waals surface area contributed by atoms with E-state index in [-0.39, 0.29) is 29.9 Å². The van der Waals surface area contributed by atoms with Crippen molar-refractivity contribution < 1.29 is 4.79 Å². The third kappa shape index (κ3) is 8.51. The van der Waals surface area contributed by atoms with Crippen molar-refractivity contribution in [3.63, 3.8) is 0 Å². The number of pyridine rings is 1. The van der Waals surface area contributed by atoms with Crippen LogP contribution in [0.2, 0.25) is 0 Å². The molecular formula is C18H30IN5O. The zero-order valence-corrected chi connectivity index (χ0v) is 17.3. The van der Waals surface area contributed by atoms with E-state index in [9.17, 15) is 4.79 Å². The second-order valence-corrected chi connectivity index (χ2v) is 6.22. The van der Waals surface area contributed by atoms with E-state index < -0.39 is 0 Å². The van der Waals surface area contributed by atoms with Crippen LogP contribution in [0.15, 0.2) is 29.5 Å². The van der Waals surface area contributed by atoms with Crippen LogP contribution in [-0.2, 0) is 0 Å². The molecule has 1 aromatic heterocycles. The molecule has 25 heavy (non-hydrogen) atoms. The summed E-state index contributed by atoms with van der Waals surface area (Å²) in [7, 11) is 1.76. The van der Waals surface area contributed by atoms with Crippen molar-refractivity contribution in [3.8, 4) is 0 Å². The Kier molecular flexibility index (Phi) is 11.2. The Labute approximate surface area is 167 Å². The molecule has 3 N–H and O–H groups in total. The molecule has 7 heteroatoms. The van der Waals surface area contributed by atoms with Gasteiger partial charge in [0.1, 0.15) is 0 Å². The van der Waals surface area contributed by atoms with Gasteiger partial charge in [0.15, 0.2) is 5.96 Å². The lowest BCUT2D eigenvalue weighted by atomic mass is 10.0. The quantitative estimate of drug-likeness (QED) is 0.242. The number of guanidine groups is 1. The molecule has 0 aliphatic heterocycles. The third-order valence-corrected chi connectivity index (χ3v) is 4.41. The number of hydrogen-bond acceptors (Lipinski definition) is 3. The molecule has 1 saturated carbocycles. The van der Waals surface area contributed by atoms with Gasteiger partial charge in [0, 0.05) is 39.1 Å². The van der Waals surface area contributed by atoms with E-state index in [0.29, 0.717) is 18.7 Å². The molecule has 1 amide bonds. The van der Waals surface area contributed by atoms with Crippen molar-refractivity contribution >= 4 is 35.8 Å². The fraction of sp³-hybridized carbons (Fsp3) is 0.611. The van der Waals surface area contributed by atoms with E-state index in [0.717, 1.165) is 18.4 Å². The van der Waals surface area contributed by atoms with E-state index in [4.69, 9.17) is 0 Å². The maximum Gasteiger partial charge on any atom is 0.252 e. The molecule has 1 heterocycles. The molecule has 1 aliphatic carbocycles. The molecule has 0 spiro atoms. The smallest absolute Gasteiger partial charge is 0.252 e. The summed E-state index contributed by atoms with van der Waals surface area (Å²) in [5, 5.41) is 9.40. The molecule has 0 bridgehead atoms. The SMILES string of the molecule is CN=C(NCCCC1CCCC1)NCCNC(=O)c1cccnc1.I. The van der Waals surface area contributed by atoms with Crippen LogP contribution >= 0.6 is 24.0 Å². The zero-order valence-electron chi connectivity index (χ0n) is 15.0. The number of aliphatic imine (C=N–C) groups is 1. The van der Waals surface area contributed by atoms with Gasteiger partial charge in [-0.1, -0.05) is 25.7 Å². The fourth-order valence-corrected chi connectivity index (χ4v) is 3.07. The summed E-state index contributed by atoms with van der Waals surface area (Å²) in [6.07, 6.45) is 11.3. The van der Waals surface area contributed by atoms with Crippen LogP contribution in [-0.4, -0.2) is 43.5 Å². The standard InChI is InChI=1S/C18H29N5O.HI/c1-19-18(22-11-4-8-15-6-2-3-7-15)23-13-12-21-17(24)16-9-5-10-20-14-16;/h5,9-10,14-15H,2-4,6-8,11-13H2,1H3,(H,21,24)(H2,19,22,23);1H. The van der Waals surface area contributed by atoms with E-state index in [2.05, 4.69) is 25.9 Å². The summed E-state index contributed by atoms with van der Waals surface area (Å²) in [5.41, 5.74) is 0.576. The van der Waals surface area contributed by atoms with Crippen molar-refractivity contribution in [1.29, 1.82) is 0 Å². The Bertz CT molecular complexity index is 517. The fourth-order valence-electron chi connectivity index (χ4n) is 3.07. The summed E-state index contributed by atoms with van der Waals surface area (Å²) in [5.74, 6) is 1.62. The van der Waals surface area contributed by atoms with Gasteiger partial charge in [-0.05, 0) is 30.9 Å². The van der Waals surface area contributed by atoms with E-state index in [1.54, 1.807) is 31.6 Å². The number of carbonyl (C=O) groups is 1. The predicted molar refractivity (Wildman–Crippen MR) is 113 cm³/mol. The Morgan fingerprint density at radius 2 is 1.92 bits per heavy atom. The molecule has 1 aromatic rings. The van der Waals surface area contributed by atoms with Crippen molar-refractivity contribution in [2.24, 2.45) is 10.9 Å². The van der Waals surface area contributed by atoms with Gasteiger partial charge in [-0.15, -0.1) is 24.0 Å². The second-order valence-electron chi connectivity index (χ2n) is 6.22.